The van der Waals surface area contributed by atoms with Crippen LogP contribution in [0.1, 0.15) is 23.0 Å². The van der Waals surface area contributed by atoms with Crippen LogP contribution in [0.25, 0.3) is 0 Å². The molecule has 1 aromatic heterocycles. The zero-order chi connectivity index (χ0) is 14.5. The number of hydrogen-bond donors (Lipinski definition) is 0. The van der Waals surface area contributed by atoms with Crippen LogP contribution in [-0.4, -0.2) is 24.5 Å². The fraction of sp³-hybridized carbons (Fsp3) is 0.267. The van der Waals surface area contributed by atoms with Gasteiger partial charge in [-0.2, -0.15) is 0 Å². The van der Waals surface area contributed by atoms with Gasteiger partial charge in [0.2, 0.25) is 0 Å². The quantitative estimate of drug-likeness (QED) is 0.835. The fourth-order valence-corrected chi connectivity index (χ4v) is 2.16. The maximum absolute atomic E-state index is 12.3. The van der Waals surface area contributed by atoms with Crippen molar-refractivity contribution < 1.29 is 13.9 Å². The van der Waals surface area contributed by atoms with Crippen LogP contribution < -0.4 is 4.74 Å². The lowest BCUT2D eigenvalue weighted by atomic mass is 10.2. The molecule has 1 heterocycles. The van der Waals surface area contributed by atoms with Gasteiger partial charge in [0.1, 0.15) is 11.5 Å². The molecule has 0 aliphatic rings. The van der Waals surface area contributed by atoms with Gasteiger partial charge < -0.3 is 14.1 Å². The number of carbonyl (C=O) groups excluding carboxylic acids is 1. The molecule has 4 nitrogen and oxygen atoms in total. The first-order valence-corrected chi connectivity index (χ1v) is 7.12. The van der Waals surface area contributed by atoms with Gasteiger partial charge in [0.25, 0.3) is 5.91 Å². The highest BCUT2D eigenvalue weighted by molar-refractivity contribution is 9.10. The SMILES string of the molecule is CCOc1ccc(C(=O)N(C)Cc2ccc(Br)o2)cc1. The monoisotopic (exact) mass is 337 g/mol. The summed E-state index contributed by atoms with van der Waals surface area (Å²) in [5.41, 5.74) is 0.626. The number of carbonyl (C=O) groups is 1. The molecule has 0 aliphatic carbocycles. The molecule has 0 bridgehead atoms. The number of benzene rings is 1. The third-order valence-electron chi connectivity index (χ3n) is 2.78. The first kappa shape index (κ1) is 14.7. The summed E-state index contributed by atoms with van der Waals surface area (Å²) in [7, 11) is 1.75. The molecule has 1 aromatic carbocycles. The van der Waals surface area contributed by atoms with E-state index in [9.17, 15) is 4.79 Å². The van der Waals surface area contributed by atoms with Crippen molar-refractivity contribution in [1.82, 2.24) is 4.90 Å². The van der Waals surface area contributed by atoms with Gasteiger partial charge in [-0.15, -0.1) is 0 Å². The molecule has 20 heavy (non-hydrogen) atoms. The van der Waals surface area contributed by atoms with Crippen LogP contribution in [0.15, 0.2) is 45.5 Å². The molecular formula is C15H16BrNO3. The standard InChI is InChI=1S/C15H16BrNO3/c1-3-19-12-6-4-11(5-7-12)15(18)17(2)10-13-8-9-14(16)20-13/h4-9H,3,10H2,1-2H3. The maximum Gasteiger partial charge on any atom is 0.254 e. The van der Waals surface area contributed by atoms with E-state index in [-0.39, 0.29) is 5.91 Å². The van der Waals surface area contributed by atoms with Crippen molar-refractivity contribution in [3.05, 3.63) is 52.4 Å². The number of halogens is 1. The molecule has 0 N–H and O–H groups in total. The summed E-state index contributed by atoms with van der Waals surface area (Å²) in [4.78, 5) is 13.9. The van der Waals surface area contributed by atoms with E-state index in [1.165, 1.54) is 0 Å². The molecule has 0 unspecified atom stereocenters. The first-order chi connectivity index (χ1) is 9.60. The number of rotatable bonds is 5. The molecule has 0 aliphatic heterocycles. The van der Waals surface area contributed by atoms with Crippen molar-refractivity contribution in [3.63, 3.8) is 0 Å². The van der Waals surface area contributed by atoms with E-state index in [1.54, 1.807) is 36.2 Å². The normalized spacial score (nSPS) is 10.3. The van der Waals surface area contributed by atoms with Crippen molar-refractivity contribution in [2.24, 2.45) is 0 Å². The van der Waals surface area contributed by atoms with E-state index in [4.69, 9.17) is 9.15 Å². The molecule has 0 saturated carbocycles. The molecule has 1 amide bonds. The van der Waals surface area contributed by atoms with Crippen LogP contribution in [0.4, 0.5) is 0 Å². The molecule has 0 atom stereocenters. The summed E-state index contributed by atoms with van der Waals surface area (Å²) in [5.74, 6) is 1.45. The smallest absolute Gasteiger partial charge is 0.254 e. The highest BCUT2D eigenvalue weighted by Crippen LogP contribution is 2.17. The Balaban J connectivity index is 2.02. The zero-order valence-corrected chi connectivity index (χ0v) is 13.0. The van der Waals surface area contributed by atoms with Gasteiger partial charge >= 0.3 is 0 Å². The Bertz CT molecular complexity index is 577. The van der Waals surface area contributed by atoms with E-state index >= 15 is 0 Å². The summed E-state index contributed by atoms with van der Waals surface area (Å²) >= 11 is 3.24. The predicted octanol–water partition coefficient (Wildman–Crippen LogP) is 3.71. The summed E-state index contributed by atoms with van der Waals surface area (Å²) in [6.45, 7) is 2.96. The molecule has 0 fully saturated rings. The molecule has 0 radical (unpaired) electrons. The lowest BCUT2D eigenvalue weighted by molar-refractivity contribution is 0.0775. The van der Waals surface area contributed by atoms with E-state index < -0.39 is 0 Å². The summed E-state index contributed by atoms with van der Waals surface area (Å²) < 4.78 is 11.4. The first-order valence-electron chi connectivity index (χ1n) is 6.32. The number of furan rings is 1. The maximum atomic E-state index is 12.3. The fourth-order valence-electron chi connectivity index (χ4n) is 1.82. The lowest BCUT2D eigenvalue weighted by Crippen LogP contribution is -2.25. The van der Waals surface area contributed by atoms with Crippen molar-refractivity contribution in [2.75, 3.05) is 13.7 Å². The van der Waals surface area contributed by atoms with Gasteiger partial charge in [-0.05, 0) is 59.3 Å². The van der Waals surface area contributed by atoms with Crippen molar-refractivity contribution >= 4 is 21.8 Å². The molecule has 2 aromatic rings. The summed E-state index contributed by atoms with van der Waals surface area (Å²) in [6, 6.07) is 10.8. The van der Waals surface area contributed by atoms with Gasteiger partial charge in [0.15, 0.2) is 4.67 Å². The second-order valence-electron chi connectivity index (χ2n) is 4.32. The highest BCUT2D eigenvalue weighted by Gasteiger charge is 2.13. The Hall–Kier alpha value is -1.75. The minimum atomic E-state index is -0.0550. The number of nitrogens with zero attached hydrogens (tertiary/aromatic N) is 1. The van der Waals surface area contributed by atoms with E-state index in [2.05, 4.69) is 15.9 Å². The van der Waals surface area contributed by atoms with Crippen LogP contribution in [0.3, 0.4) is 0 Å². The highest BCUT2D eigenvalue weighted by atomic mass is 79.9. The predicted molar refractivity (Wildman–Crippen MR) is 79.8 cm³/mol. The van der Waals surface area contributed by atoms with Gasteiger partial charge in [-0.3, -0.25) is 4.79 Å². The largest absolute Gasteiger partial charge is 0.494 e. The zero-order valence-electron chi connectivity index (χ0n) is 11.4. The van der Waals surface area contributed by atoms with Crippen LogP contribution in [0.5, 0.6) is 5.75 Å². The second-order valence-corrected chi connectivity index (χ2v) is 5.11. The topological polar surface area (TPSA) is 42.7 Å². The Labute approximate surface area is 126 Å². The minimum Gasteiger partial charge on any atom is -0.494 e. The second kappa shape index (κ2) is 6.61. The number of ether oxygens (including phenoxy) is 1. The van der Waals surface area contributed by atoms with Crippen LogP contribution in [0.2, 0.25) is 0 Å². The van der Waals surface area contributed by atoms with Crippen LogP contribution in [0, 0.1) is 0 Å². The molecule has 5 heteroatoms. The molecule has 0 saturated heterocycles. The molecule has 106 valence electrons. The van der Waals surface area contributed by atoms with Gasteiger partial charge in [0.05, 0.1) is 13.2 Å². The number of amides is 1. The van der Waals surface area contributed by atoms with Gasteiger partial charge in [-0.25, -0.2) is 0 Å². The van der Waals surface area contributed by atoms with Crippen LogP contribution >= 0.6 is 15.9 Å². The van der Waals surface area contributed by atoms with Gasteiger partial charge in [0, 0.05) is 12.6 Å². The van der Waals surface area contributed by atoms with Crippen molar-refractivity contribution in [3.8, 4) is 5.75 Å². The Morgan fingerprint density at radius 3 is 2.50 bits per heavy atom. The lowest BCUT2D eigenvalue weighted by Gasteiger charge is -2.16. The third-order valence-corrected chi connectivity index (χ3v) is 3.21. The number of hydrogen-bond acceptors (Lipinski definition) is 3. The van der Waals surface area contributed by atoms with E-state index in [1.807, 2.05) is 19.1 Å². The molecule has 0 spiro atoms. The van der Waals surface area contributed by atoms with Crippen LogP contribution in [-0.2, 0) is 6.54 Å². The molecular weight excluding hydrogens is 322 g/mol. The minimum absolute atomic E-state index is 0.0550. The Kier molecular flexibility index (Phi) is 4.84. The molecule has 2 rings (SSSR count). The van der Waals surface area contributed by atoms with Crippen molar-refractivity contribution in [1.29, 1.82) is 0 Å². The average molecular weight is 338 g/mol. The Morgan fingerprint density at radius 2 is 1.95 bits per heavy atom. The van der Waals surface area contributed by atoms with Gasteiger partial charge in [-0.1, -0.05) is 0 Å². The summed E-state index contributed by atoms with van der Waals surface area (Å²) in [6.07, 6.45) is 0. The van der Waals surface area contributed by atoms with E-state index in [0.29, 0.717) is 23.4 Å². The third kappa shape index (κ3) is 3.63. The summed E-state index contributed by atoms with van der Waals surface area (Å²) in [5, 5.41) is 0. The van der Waals surface area contributed by atoms with E-state index in [0.717, 1.165) is 11.5 Å². The Morgan fingerprint density at radius 1 is 1.25 bits per heavy atom. The van der Waals surface area contributed by atoms with Crippen molar-refractivity contribution in [2.45, 2.75) is 13.5 Å². The average Bonchev–Trinajstić information content (AvgIpc) is 2.84.